The number of piperidine rings is 2. The maximum absolute atomic E-state index is 12.6. The molecule has 0 bridgehead atoms. The Kier molecular flexibility index (Phi) is 8.87. The molecule has 11 heteroatoms. The smallest absolute Gasteiger partial charge is 0.343 e. The Bertz CT molecular complexity index is 1290. The van der Waals surface area contributed by atoms with Gasteiger partial charge in [-0.1, -0.05) is 22.0 Å². The van der Waals surface area contributed by atoms with Crippen LogP contribution in [-0.2, 0) is 0 Å². The third-order valence-corrected chi connectivity index (χ3v) is 7.21. The molecule has 1 N–H and O–H groups in total. The van der Waals surface area contributed by atoms with Gasteiger partial charge in [0, 0.05) is 30.7 Å². The van der Waals surface area contributed by atoms with Gasteiger partial charge in [-0.3, -0.25) is 0 Å². The van der Waals surface area contributed by atoms with E-state index in [1.165, 1.54) is 20.0 Å². The second kappa shape index (κ2) is 12.9. The van der Waals surface area contributed by atoms with E-state index in [2.05, 4.69) is 46.2 Å². The zero-order valence-corrected chi connectivity index (χ0v) is 23.6. The molecule has 204 valence electrons. The van der Waals surface area contributed by atoms with E-state index in [1.807, 2.05) is 6.07 Å². The summed E-state index contributed by atoms with van der Waals surface area (Å²) in [6, 6.07) is 12.3. The van der Waals surface area contributed by atoms with Crippen LogP contribution >= 0.6 is 15.9 Å². The second-order valence-corrected chi connectivity index (χ2v) is 10.5. The molecule has 0 aliphatic carbocycles. The lowest BCUT2D eigenvalue weighted by atomic mass is 10.1. The van der Waals surface area contributed by atoms with Gasteiger partial charge in [0.05, 0.1) is 18.9 Å². The van der Waals surface area contributed by atoms with Crippen molar-refractivity contribution >= 4 is 46.0 Å². The van der Waals surface area contributed by atoms with Gasteiger partial charge in [-0.2, -0.15) is 20.1 Å². The van der Waals surface area contributed by atoms with Crippen molar-refractivity contribution in [2.75, 3.05) is 48.5 Å². The quantitative estimate of drug-likeness (QED) is 0.161. The summed E-state index contributed by atoms with van der Waals surface area (Å²) in [5.41, 5.74) is 4.18. The number of carbonyl (C=O) groups is 1. The minimum atomic E-state index is -0.471. The van der Waals surface area contributed by atoms with Crippen LogP contribution in [0.3, 0.4) is 0 Å². The van der Waals surface area contributed by atoms with E-state index in [9.17, 15) is 4.79 Å². The highest BCUT2D eigenvalue weighted by atomic mass is 79.9. The van der Waals surface area contributed by atoms with E-state index < -0.39 is 5.97 Å². The highest BCUT2D eigenvalue weighted by molar-refractivity contribution is 9.10. The lowest BCUT2D eigenvalue weighted by molar-refractivity contribution is 0.0729. The average Bonchev–Trinajstić information content (AvgIpc) is 2.98. The lowest BCUT2D eigenvalue weighted by Gasteiger charge is -2.30. The van der Waals surface area contributed by atoms with Crippen molar-refractivity contribution in [2.24, 2.45) is 5.10 Å². The van der Waals surface area contributed by atoms with Crippen LogP contribution in [0.5, 0.6) is 11.5 Å². The molecule has 2 fully saturated rings. The number of methoxy groups -OCH3 is 1. The molecule has 3 aromatic rings. The molecule has 0 atom stereocenters. The lowest BCUT2D eigenvalue weighted by Crippen LogP contribution is -2.34. The van der Waals surface area contributed by atoms with Crippen molar-refractivity contribution < 1.29 is 14.3 Å². The summed E-state index contributed by atoms with van der Waals surface area (Å²) in [6.07, 6.45) is 8.68. The molecule has 0 saturated carbocycles. The van der Waals surface area contributed by atoms with Gasteiger partial charge in [-0.05, 0) is 80.5 Å². The molecule has 2 aliphatic rings. The van der Waals surface area contributed by atoms with E-state index in [4.69, 9.17) is 14.5 Å². The van der Waals surface area contributed by atoms with Gasteiger partial charge in [0.25, 0.3) is 0 Å². The number of benzene rings is 2. The molecular weight excluding hydrogens is 562 g/mol. The van der Waals surface area contributed by atoms with E-state index >= 15 is 0 Å². The number of aromatic nitrogens is 3. The van der Waals surface area contributed by atoms with Crippen molar-refractivity contribution in [1.29, 1.82) is 0 Å². The van der Waals surface area contributed by atoms with Crippen LogP contribution in [0.15, 0.2) is 52.0 Å². The molecule has 39 heavy (non-hydrogen) atoms. The third kappa shape index (κ3) is 7.03. The van der Waals surface area contributed by atoms with Crippen LogP contribution in [0.4, 0.5) is 17.8 Å². The highest BCUT2D eigenvalue weighted by Crippen LogP contribution is 2.29. The number of nitrogens with one attached hydrogen (secondary N) is 1. The Balaban J connectivity index is 1.30. The fourth-order valence-corrected chi connectivity index (χ4v) is 5.06. The molecule has 10 nitrogen and oxygen atoms in total. The fourth-order valence-electron chi connectivity index (χ4n) is 4.66. The number of halogens is 1. The van der Waals surface area contributed by atoms with Gasteiger partial charge < -0.3 is 19.3 Å². The molecule has 2 aliphatic heterocycles. The molecular formula is C28H32BrN7O3. The zero-order valence-electron chi connectivity index (χ0n) is 22.0. The van der Waals surface area contributed by atoms with Gasteiger partial charge in [0.15, 0.2) is 11.5 Å². The van der Waals surface area contributed by atoms with Crippen LogP contribution in [0.2, 0.25) is 0 Å². The summed E-state index contributed by atoms with van der Waals surface area (Å²) >= 11 is 3.37. The number of carbonyl (C=O) groups excluding carboxylic acids is 1. The highest BCUT2D eigenvalue weighted by Gasteiger charge is 2.20. The van der Waals surface area contributed by atoms with Gasteiger partial charge in [0.2, 0.25) is 17.8 Å². The Labute approximate surface area is 236 Å². The summed E-state index contributed by atoms with van der Waals surface area (Å²) < 4.78 is 11.8. The molecule has 3 heterocycles. The van der Waals surface area contributed by atoms with E-state index in [0.717, 1.165) is 61.9 Å². The Hall–Kier alpha value is -3.73. The predicted octanol–water partition coefficient (Wildman–Crippen LogP) is 5.29. The van der Waals surface area contributed by atoms with Crippen LogP contribution < -0.4 is 24.7 Å². The molecule has 0 radical (unpaired) electrons. The maximum Gasteiger partial charge on any atom is 0.343 e. The van der Waals surface area contributed by atoms with Crippen molar-refractivity contribution in [2.45, 2.75) is 38.5 Å². The second-order valence-electron chi connectivity index (χ2n) is 9.53. The minimum Gasteiger partial charge on any atom is -0.493 e. The number of rotatable bonds is 8. The summed E-state index contributed by atoms with van der Waals surface area (Å²) in [4.78, 5) is 31.2. The molecule has 2 saturated heterocycles. The van der Waals surface area contributed by atoms with Gasteiger partial charge in [-0.15, -0.1) is 0 Å². The monoisotopic (exact) mass is 593 g/mol. The molecule has 0 unspecified atom stereocenters. The van der Waals surface area contributed by atoms with E-state index in [0.29, 0.717) is 34.9 Å². The maximum atomic E-state index is 12.6. The largest absolute Gasteiger partial charge is 0.493 e. The number of anilines is 3. The first-order chi connectivity index (χ1) is 19.1. The Morgan fingerprint density at radius 3 is 2.18 bits per heavy atom. The number of nitrogens with zero attached hydrogens (tertiary/aromatic N) is 6. The summed E-state index contributed by atoms with van der Waals surface area (Å²) in [6.45, 7) is 3.80. The first-order valence-corrected chi connectivity index (χ1v) is 14.1. The first kappa shape index (κ1) is 26.9. The van der Waals surface area contributed by atoms with Crippen LogP contribution in [-0.4, -0.2) is 60.4 Å². The Morgan fingerprint density at radius 1 is 0.897 bits per heavy atom. The zero-order chi connectivity index (χ0) is 27.0. The normalized spacial score (nSPS) is 15.8. The van der Waals surface area contributed by atoms with Crippen molar-refractivity contribution in [3.05, 3.63) is 58.1 Å². The topological polar surface area (TPSA) is 105 Å². The SMILES string of the molecule is COc1cc(/C=N\Nc2nc(N3CCCCC3)nc(N3CCCCC3)n2)ccc1OC(=O)c1cccc(Br)c1. The molecule has 0 amide bonds. The molecule has 1 aromatic heterocycles. The number of hydrazone groups is 1. The average molecular weight is 595 g/mol. The number of hydrogen-bond donors (Lipinski definition) is 1. The van der Waals surface area contributed by atoms with Crippen molar-refractivity contribution in [3.8, 4) is 11.5 Å². The third-order valence-electron chi connectivity index (χ3n) is 6.72. The van der Waals surface area contributed by atoms with E-state index in [1.54, 1.807) is 42.6 Å². The van der Waals surface area contributed by atoms with Crippen molar-refractivity contribution in [1.82, 2.24) is 15.0 Å². The number of hydrogen-bond acceptors (Lipinski definition) is 10. The van der Waals surface area contributed by atoms with Gasteiger partial charge >= 0.3 is 5.97 Å². The molecule has 5 rings (SSSR count). The number of ether oxygens (including phenoxy) is 2. The summed E-state index contributed by atoms with van der Waals surface area (Å²) in [7, 11) is 1.53. The number of esters is 1. The van der Waals surface area contributed by atoms with Crippen LogP contribution in [0.25, 0.3) is 0 Å². The van der Waals surface area contributed by atoms with Gasteiger partial charge in [0.1, 0.15) is 0 Å². The van der Waals surface area contributed by atoms with E-state index in [-0.39, 0.29) is 0 Å². The Morgan fingerprint density at radius 2 is 1.56 bits per heavy atom. The minimum absolute atomic E-state index is 0.322. The van der Waals surface area contributed by atoms with Gasteiger partial charge in [-0.25, -0.2) is 10.2 Å². The van der Waals surface area contributed by atoms with Crippen LogP contribution in [0, 0.1) is 0 Å². The standard InChI is InChI=1S/C28H32BrN7O3/c1-38-24-17-20(11-12-23(24)39-25(37)21-9-8-10-22(29)18-21)19-30-34-26-31-27(35-13-4-2-5-14-35)33-28(32-26)36-15-6-3-7-16-36/h8-12,17-19H,2-7,13-16H2,1H3,(H,31,32,33,34)/b30-19-. The van der Waals surface area contributed by atoms with Crippen LogP contribution in [0.1, 0.15) is 54.4 Å². The summed E-state index contributed by atoms with van der Waals surface area (Å²) in [5.74, 6) is 2.07. The summed E-state index contributed by atoms with van der Waals surface area (Å²) in [5, 5.41) is 4.37. The first-order valence-electron chi connectivity index (χ1n) is 13.3. The predicted molar refractivity (Wildman–Crippen MR) is 155 cm³/mol. The fraction of sp³-hybridized carbons (Fsp3) is 0.393. The van der Waals surface area contributed by atoms with Crippen molar-refractivity contribution in [3.63, 3.8) is 0 Å². The molecule has 0 spiro atoms. The molecule has 2 aromatic carbocycles.